The van der Waals surface area contributed by atoms with Crippen LogP contribution >= 0.6 is 8.38 Å². The van der Waals surface area contributed by atoms with Gasteiger partial charge in [0, 0.05) is 6.16 Å². The van der Waals surface area contributed by atoms with Crippen LogP contribution in [0.15, 0.2) is 0 Å². The van der Waals surface area contributed by atoms with E-state index in [2.05, 4.69) is 6.92 Å². The highest BCUT2D eigenvalue weighted by atomic mass is 31.2. The van der Waals surface area contributed by atoms with Crippen LogP contribution in [0.4, 0.5) is 0 Å². The highest BCUT2D eigenvalue weighted by molar-refractivity contribution is 7.45. The molecule has 0 rings (SSSR count). The molecule has 0 heterocycles. The van der Waals surface area contributed by atoms with Crippen molar-refractivity contribution >= 4 is 8.38 Å². The Labute approximate surface area is 70.6 Å². The van der Waals surface area contributed by atoms with Gasteiger partial charge in [0.1, 0.15) is 0 Å². The van der Waals surface area contributed by atoms with E-state index in [1.807, 2.05) is 0 Å². The summed E-state index contributed by atoms with van der Waals surface area (Å²) in [5.41, 5.74) is 0. The molecule has 0 aliphatic rings. The van der Waals surface area contributed by atoms with Crippen LogP contribution in [0.5, 0.6) is 0 Å². The van der Waals surface area contributed by atoms with Crippen molar-refractivity contribution in [2.75, 3.05) is 6.16 Å². The highest BCUT2D eigenvalue weighted by Gasteiger charge is 1.96. The van der Waals surface area contributed by atoms with Gasteiger partial charge in [-0.1, -0.05) is 39.0 Å². The molecule has 2 nitrogen and oxygen atoms in total. The predicted octanol–water partition coefficient (Wildman–Crippen LogP) is 2.64. The Morgan fingerprint density at radius 3 is 2.00 bits per heavy atom. The summed E-state index contributed by atoms with van der Waals surface area (Å²) >= 11 is 0. The Morgan fingerprint density at radius 1 is 0.909 bits per heavy atom. The second-order valence-corrected chi connectivity index (χ2v) is 4.06. The molecule has 68 valence electrons. The largest absolute Gasteiger partial charge is 0.350 e. The molecular formula is C8H19O2P. The smallest absolute Gasteiger partial charge is 0.164 e. The molecule has 0 aliphatic carbocycles. The van der Waals surface area contributed by atoms with Gasteiger partial charge in [-0.15, -0.1) is 0 Å². The first-order valence-corrected chi connectivity index (χ1v) is 5.86. The summed E-state index contributed by atoms with van der Waals surface area (Å²) in [5, 5.41) is 0. The standard InChI is InChI=1S/C8H19O2P/c1-2-3-4-5-6-7-8-11(9)10/h9-10H,2-8H2,1H3. The fourth-order valence-corrected chi connectivity index (χ4v) is 1.54. The van der Waals surface area contributed by atoms with Gasteiger partial charge in [0.2, 0.25) is 0 Å². The van der Waals surface area contributed by atoms with E-state index < -0.39 is 8.38 Å². The highest BCUT2D eigenvalue weighted by Crippen LogP contribution is 2.24. The van der Waals surface area contributed by atoms with Gasteiger partial charge in [0.15, 0.2) is 8.38 Å². The first-order valence-electron chi connectivity index (χ1n) is 4.42. The van der Waals surface area contributed by atoms with E-state index in [4.69, 9.17) is 9.79 Å². The van der Waals surface area contributed by atoms with Crippen molar-refractivity contribution in [2.45, 2.75) is 45.4 Å². The van der Waals surface area contributed by atoms with Gasteiger partial charge in [0.25, 0.3) is 0 Å². The summed E-state index contributed by atoms with van der Waals surface area (Å²) in [6, 6.07) is 0. The van der Waals surface area contributed by atoms with Crippen molar-refractivity contribution in [3.63, 3.8) is 0 Å². The summed E-state index contributed by atoms with van der Waals surface area (Å²) in [6.45, 7) is 2.20. The predicted molar refractivity (Wildman–Crippen MR) is 49.6 cm³/mol. The fraction of sp³-hybridized carbons (Fsp3) is 1.00. The molecule has 11 heavy (non-hydrogen) atoms. The van der Waals surface area contributed by atoms with Crippen LogP contribution in [0.2, 0.25) is 0 Å². The van der Waals surface area contributed by atoms with Crippen LogP contribution in [-0.4, -0.2) is 15.9 Å². The molecule has 0 spiro atoms. The summed E-state index contributed by atoms with van der Waals surface area (Å²) in [4.78, 5) is 17.2. The summed E-state index contributed by atoms with van der Waals surface area (Å²) in [7, 11) is -1.62. The van der Waals surface area contributed by atoms with E-state index >= 15 is 0 Å². The van der Waals surface area contributed by atoms with E-state index in [1.54, 1.807) is 0 Å². The fourth-order valence-electron chi connectivity index (χ4n) is 1.03. The lowest BCUT2D eigenvalue weighted by Gasteiger charge is -2.01. The molecule has 0 unspecified atom stereocenters. The SMILES string of the molecule is CCCCCCCCP(O)O. The maximum Gasteiger partial charge on any atom is 0.164 e. The summed E-state index contributed by atoms with van der Waals surface area (Å²) in [5.74, 6) is 0. The van der Waals surface area contributed by atoms with Crippen molar-refractivity contribution < 1.29 is 9.79 Å². The molecule has 0 bridgehead atoms. The van der Waals surface area contributed by atoms with Crippen LogP contribution in [0.3, 0.4) is 0 Å². The Balaban J connectivity index is 2.80. The van der Waals surface area contributed by atoms with Gasteiger partial charge in [-0.05, 0) is 6.42 Å². The molecule has 0 aromatic heterocycles. The van der Waals surface area contributed by atoms with Gasteiger partial charge in [-0.25, -0.2) is 0 Å². The second-order valence-electron chi connectivity index (χ2n) is 2.86. The third kappa shape index (κ3) is 10.4. The normalized spacial score (nSPS) is 10.9. The van der Waals surface area contributed by atoms with Gasteiger partial charge < -0.3 is 9.79 Å². The molecule has 3 heteroatoms. The number of hydrogen-bond donors (Lipinski definition) is 2. The molecular weight excluding hydrogens is 159 g/mol. The molecule has 0 amide bonds. The average molecular weight is 178 g/mol. The molecule has 0 atom stereocenters. The minimum Gasteiger partial charge on any atom is -0.350 e. The number of rotatable bonds is 7. The van der Waals surface area contributed by atoms with E-state index in [0.717, 1.165) is 12.8 Å². The molecule has 0 aliphatic heterocycles. The quantitative estimate of drug-likeness (QED) is 0.464. The summed E-state index contributed by atoms with van der Waals surface area (Å²) < 4.78 is 0. The van der Waals surface area contributed by atoms with Gasteiger partial charge in [-0.3, -0.25) is 0 Å². The molecule has 0 radical (unpaired) electrons. The van der Waals surface area contributed by atoms with Crippen molar-refractivity contribution in [1.29, 1.82) is 0 Å². The summed E-state index contributed by atoms with van der Waals surface area (Å²) in [6.07, 6.45) is 7.85. The molecule has 2 N–H and O–H groups in total. The lowest BCUT2D eigenvalue weighted by molar-refractivity contribution is 0.477. The maximum atomic E-state index is 8.58. The topological polar surface area (TPSA) is 40.5 Å². The van der Waals surface area contributed by atoms with E-state index in [-0.39, 0.29) is 0 Å². The minimum atomic E-state index is -1.62. The monoisotopic (exact) mass is 178 g/mol. The van der Waals surface area contributed by atoms with Gasteiger partial charge >= 0.3 is 0 Å². The third-order valence-electron chi connectivity index (χ3n) is 1.71. The Bertz CT molecular complexity index is 76.5. The first-order chi connectivity index (χ1) is 5.27. The van der Waals surface area contributed by atoms with Gasteiger partial charge in [0.05, 0.1) is 0 Å². The van der Waals surface area contributed by atoms with Crippen molar-refractivity contribution in [1.82, 2.24) is 0 Å². The van der Waals surface area contributed by atoms with Crippen molar-refractivity contribution in [3.8, 4) is 0 Å². The Morgan fingerprint density at radius 2 is 1.45 bits per heavy atom. The zero-order valence-electron chi connectivity index (χ0n) is 7.29. The van der Waals surface area contributed by atoms with Crippen LogP contribution in [0.25, 0.3) is 0 Å². The molecule has 0 aromatic rings. The lowest BCUT2D eigenvalue weighted by atomic mass is 10.1. The zero-order valence-corrected chi connectivity index (χ0v) is 8.19. The Hall–Kier alpha value is 0.350. The molecule has 0 aromatic carbocycles. The molecule has 0 saturated heterocycles. The van der Waals surface area contributed by atoms with Crippen LogP contribution in [-0.2, 0) is 0 Å². The lowest BCUT2D eigenvalue weighted by Crippen LogP contribution is -1.84. The molecule has 0 saturated carbocycles. The van der Waals surface area contributed by atoms with Crippen molar-refractivity contribution in [3.05, 3.63) is 0 Å². The van der Waals surface area contributed by atoms with Crippen LogP contribution in [0, 0.1) is 0 Å². The number of hydrogen-bond acceptors (Lipinski definition) is 2. The number of unbranched alkanes of at least 4 members (excludes halogenated alkanes) is 5. The van der Waals surface area contributed by atoms with Crippen LogP contribution < -0.4 is 0 Å². The van der Waals surface area contributed by atoms with Gasteiger partial charge in [-0.2, -0.15) is 0 Å². The second kappa shape index (κ2) is 8.45. The molecule has 0 fully saturated rings. The maximum absolute atomic E-state index is 8.58. The minimum absolute atomic E-state index is 0.599. The van der Waals surface area contributed by atoms with E-state index in [1.165, 1.54) is 25.7 Å². The third-order valence-corrected chi connectivity index (χ3v) is 2.43. The van der Waals surface area contributed by atoms with E-state index in [9.17, 15) is 0 Å². The average Bonchev–Trinajstić information content (AvgIpc) is 1.96. The van der Waals surface area contributed by atoms with E-state index in [0.29, 0.717) is 6.16 Å². The van der Waals surface area contributed by atoms with Crippen LogP contribution in [0.1, 0.15) is 45.4 Å². The first kappa shape index (κ1) is 11.4. The zero-order chi connectivity index (χ0) is 8.53. The Kier molecular flexibility index (Phi) is 8.72. The van der Waals surface area contributed by atoms with Crippen molar-refractivity contribution in [2.24, 2.45) is 0 Å².